The Hall–Kier alpha value is -1.16. The quantitative estimate of drug-likeness (QED) is 0.869. The summed E-state index contributed by atoms with van der Waals surface area (Å²) < 4.78 is 5.76. The van der Waals surface area contributed by atoms with Gasteiger partial charge in [0.2, 0.25) is 0 Å². The first-order valence-electron chi connectivity index (χ1n) is 6.54. The van der Waals surface area contributed by atoms with Gasteiger partial charge >= 0.3 is 0 Å². The molecule has 104 valence electrons. The normalized spacial score (nSPS) is 14.8. The van der Waals surface area contributed by atoms with Gasteiger partial charge in [-0.1, -0.05) is 29.8 Å². The first kappa shape index (κ1) is 13.8. The van der Waals surface area contributed by atoms with Gasteiger partial charge in [-0.2, -0.15) is 0 Å². The Bertz CT molecular complexity index is 644. The molecule has 2 nitrogen and oxygen atoms in total. The van der Waals surface area contributed by atoms with Crippen molar-refractivity contribution >= 4 is 23.4 Å². The fraction of sp³-hybridized carbons (Fsp3) is 0.250. The van der Waals surface area contributed by atoms with Crippen molar-refractivity contribution in [3.8, 4) is 5.75 Å². The van der Waals surface area contributed by atoms with E-state index in [2.05, 4.69) is 18.4 Å². The molecule has 2 N–H and O–H groups in total. The maximum atomic E-state index is 6.48. The zero-order valence-electron chi connectivity index (χ0n) is 11.2. The highest BCUT2D eigenvalue weighted by Gasteiger charge is 2.23. The largest absolute Gasteiger partial charge is 0.493 e. The van der Waals surface area contributed by atoms with Gasteiger partial charge < -0.3 is 10.5 Å². The number of thioether (sulfide) groups is 1. The minimum atomic E-state index is -0.218. The molecule has 1 unspecified atom stereocenters. The Morgan fingerprint density at radius 2 is 2.05 bits per heavy atom. The van der Waals surface area contributed by atoms with E-state index >= 15 is 0 Å². The molecule has 0 aliphatic carbocycles. The second-order valence-electron chi connectivity index (χ2n) is 4.80. The summed E-state index contributed by atoms with van der Waals surface area (Å²) in [6, 6.07) is 11.9. The van der Waals surface area contributed by atoms with E-state index in [1.165, 1.54) is 4.90 Å². The molecule has 4 heteroatoms. The molecule has 0 bridgehead atoms. The van der Waals surface area contributed by atoms with E-state index < -0.39 is 0 Å². The number of benzene rings is 2. The predicted octanol–water partition coefficient (Wildman–Crippen LogP) is 4.04. The summed E-state index contributed by atoms with van der Waals surface area (Å²) in [5, 5.41) is 0.723. The number of hydrogen-bond donors (Lipinski definition) is 1. The number of nitrogens with two attached hydrogens (primary N) is 1. The number of fused-ring (bicyclic) bond motifs is 1. The van der Waals surface area contributed by atoms with Crippen LogP contribution in [0.2, 0.25) is 5.02 Å². The van der Waals surface area contributed by atoms with Crippen LogP contribution in [-0.4, -0.2) is 12.9 Å². The zero-order valence-corrected chi connectivity index (χ0v) is 12.8. The fourth-order valence-electron chi connectivity index (χ4n) is 2.62. The van der Waals surface area contributed by atoms with Gasteiger partial charge in [0, 0.05) is 21.9 Å². The van der Waals surface area contributed by atoms with E-state index in [0.717, 1.165) is 33.9 Å². The van der Waals surface area contributed by atoms with Crippen LogP contribution < -0.4 is 10.5 Å². The van der Waals surface area contributed by atoms with Gasteiger partial charge in [-0.3, -0.25) is 0 Å². The van der Waals surface area contributed by atoms with Crippen LogP contribution in [0.5, 0.6) is 5.75 Å². The Morgan fingerprint density at radius 3 is 2.85 bits per heavy atom. The smallest absolute Gasteiger partial charge is 0.127 e. The molecule has 0 radical (unpaired) electrons. The Labute approximate surface area is 128 Å². The molecule has 2 aromatic carbocycles. The molecule has 0 amide bonds. The van der Waals surface area contributed by atoms with Gasteiger partial charge in [0.25, 0.3) is 0 Å². The summed E-state index contributed by atoms with van der Waals surface area (Å²) in [6.07, 6.45) is 2.96. The van der Waals surface area contributed by atoms with E-state index in [1.807, 2.05) is 24.3 Å². The molecule has 0 aromatic heterocycles. The highest BCUT2D eigenvalue weighted by Crippen LogP contribution is 2.39. The van der Waals surface area contributed by atoms with Gasteiger partial charge in [0.1, 0.15) is 5.75 Å². The Balaban J connectivity index is 2.09. The molecule has 3 rings (SSSR count). The van der Waals surface area contributed by atoms with Crippen LogP contribution >= 0.6 is 23.4 Å². The maximum Gasteiger partial charge on any atom is 0.127 e. The molecular weight excluding hydrogens is 290 g/mol. The van der Waals surface area contributed by atoms with Crippen molar-refractivity contribution < 1.29 is 4.74 Å². The molecule has 0 saturated heterocycles. The van der Waals surface area contributed by atoms with Crippen LogP contribution in [0.1, 0.15) is 22.7 Å². The van der Waals surface area contributed by atoms with Crippen LogP contribution in [0.25, 0.3) is 0 Å². The molecule has 1 atom stereocenters. The molecule has 1 aliphatic heterocycles. The third-order valence-electron chi connectivity index (χ3n) is 3.59. The van der Waals surface area contributed by atoms with Crippen LogP contribution in [0.3, 0.4) is 0 Å². The highest BCUT2D eigenvalue weighted by molar-refractivity contribution is 7.98. The first-order chi connectivity index (χ1) is 9.70. The van der Waals surface area contributed by atoms with Crippen LogP contribution in [-0.2, 0) is 6.42 Å². The average Bonchev–Trinajstić information content (AvgIpc) is 2.93. The second kappa shape index (κ2) is 5.68. The average molecular weight is 306 g/mol. The molecule has 0 saturated carbocycles. The minimum absolute atomic E-state index is 0.218. The Kier molecular flexibility index (Phi) is 3.92. The monoisotopic (exact) mass is 305 g/mol. The summed E-state index contributed by atoms with van der Waals surface area (Å²) in [5.41, 5.74) is 9.73. The number of ether oxygens (including phenoxy) is 1. The lowest BCUT2D eigenvalue weighted by molar-refractivity contribution is 0.352. The van der Waals surface area contributed by atoms with Gasteiger partial charge in [-0.25, -0.2) is 0 Å². The SMILES string of the molecule is CSc1ccccc1C(N)c1cc(Cl)cc2c1OCC2. The highest BCUT2D eigenvalue weighted by atomic mass is 35.5. The fourth-order valence-corrected chi connectivity index (χ4v) is 3.51. The van der Waals surface area contributed by atoms with Crippen molar-refractivity contribution in [2.24, 2.45) is 5.73 Å². The van der Waals surface area contributed by atoms with Crippen molar-refractivity contribution in [3.63, 3.8) is 0 Å². The topological polar surface area (TPSA) is 35.2 Å². The molecule has 0 spiro atoms. The maximum absolute atomic E-state index is 6.48. The number of halogens is 1. The van der Waals surface area contributed by atoms with E-state index in [-0.39, 0.29) is 6.04 Å². The molecule has 1 aliphatic rings. The van der Waals surface area contributed by atoms with Gasteiger partial charge in [-0.15, -0.1) is 11.8 Å². The van der Waals surface area contributed by atoms with Crippen LogP contribution in [0, 0.1) is 0 Å². The molecular formula is C16H16ClNOS. The molecule has 0 fully saturated rings. The lowest BCUT2D eigenvalue weighted by Crippen LogP contribution is -2.14. The summed E-state index contributed by atoms with van der Waals surface area (Å²) in [6.45, 7) is 0.708. The zero-order chi connectivity index (χ0) is 14.1. The lowest BCUT2D eigenvalue weighted by Gasteiger charge is -2.18. The van der Waals surface area contributed by atoms with Crippen molar-refractivity contribution in [2.45, 2.75) is 17.4 Å². The van der Waals surface area contributed by atoms with E-state index in [1.54, 1.807) is 11.8 Å². The van der Waals surface area contributed by atoms with Crippen molar-refractivity contribution in [1.29, 1.82) is 0 Å². The van der Waals surface area contributed by atoms with Crippen molar-refractivity contribution in [2.75, 3.05) is 12.9 Å². The lowest BCUT2D eigenvalue weighted by atomic mass is 9.96. The van der Waals surface area contributed by atoms with Gasteiger partial charge in [0.15, 0.2) is 0 Å². The number of hydrogen-bond acceptors (Lipinski definition) is 3. The summed E-state index contributed by atoms with van der Waals surface area (Å²) >= 11 is 7.92. The standard InChI is InChI=1S/C16H16ClNOS/c1-20-14-5-3-2-4-12(14)15(18)13-9-11(17)8-10-6-7-19-16(10)13/h2-5,8-9,15H,6-7,18H2,1H3. The summed E-state index contributed by atoms with van der Waals surface area (Å²) in [5.74, 6) is 0.915. The number of rotatable bonds is 3. The van der Waals surface area contributed by atoms with E-state index in [4.69, 9.17) is 22.1 Å². The van der Waals surface area contributed by atoms with Crippen molar-refractivity contribution in [1.82, 2.24) is 0 Å². The second-order valence-corrected chi connectivity index (χ2v) is 6.09. The van der Waals surface area contributed by atoms with Crippen LogP contribution in [0.4, 0.5) is 0 Å². The summed E-state index contributed by atoms with van der Waals surface area (Å²) in [7, 11) is 0. The Morgan fingerprint density at radius 1 is 1.25 bits per heavy atom. The first-order valence-corrected chi connectivity index (χ1v) is 8.14. The van der Waals surface area contributed by atoms with Crippen LogP contribution in [0.15, 0.2) is 41.3 Å². The van der Waals surface area contributed by atoms with Crippen molar-refractivity contribution in [3.05, 3.63) is 58.1 Å². The summed E-state index contributed by atoms with van der Waals surface area (Å²) in [4.78, 5) is 1.19. The van der Waals surface area contributed by atoms with E-state index in [9.17, 15) is 0 Å². The van der Waals surface area contributed by atoms with Gasteiger partial charge in [-0.05, 0) is 35.6 Å². The third-order valence-corrected chi connectivity index (χ3v) is 4.62. The predicted molar refractivity (Wildman–Crippen MR) is 84.9 cm³/mol. The molecule has 1 heterocycles. The van der Waals surface area contributed by atoms with E-state index in [0.29, 0.717) is 6.61 Å². The van der Waals surface area contributed by atoms with Gasteiger partial charge in [0.05, 0.1) is 12.6 Å². The minimum Gasteiger partial charge on any atom is -0.493 e. The molecule has 20 heavy (non-hydrogen) atoms. The third kappa shape index (κ3) is 2.41. The molecule has 2 aromatic rings.